The third kappa shape index (κ3) is 3.91. The summed E-state index contributed by atoms with van der Waals surface area (Å²) in [7, 11) is 0. The van der Waals surface area contributed by atoms with Crippen molar-refractivity contribution >= 4 is 17.1 Å². The minimum absolute atomic E-state index is 0.113. The summed E-state index contributed by atoms with van der Waals surface area (Å²) >= 11 is 0. The molecule has 4 rings (SSSR count). The van der Waals surface area contributed by atoms with Gasteiger partial charge in [0.2, 0.25) is 0 Å². The number of halogens is 2. The molecule has 1 atom stereocenters. The molecule has 3 aromatic heterocycles. The number of alkyl halides is 2. The van der Waals surface area contributed by atoms with Gasteiger partial charge in [-0.05, 0) is 45.6 Å². The van der Waals surface area contributed by atoms with Crippen LogP contribution in [0.5, 0.6) is 0 Å². The highest BCUT2D eigenvalue weighted by atomic mass is 19.3. The number of carbonyl (C=O) groups is 1. The Morgan fingerprint density at radius 1 is 1.24 bits per heavy atom. The molecule has 1 amide bonds. The summed E-state index contributed by atoms with van der Waals surface area (Å²) in [5.41, 5.74) is 0.173. The van der Waals surface area contributed by atoms with Crippen molar-refractivity contribution in [3.63, 3.8) is 0 Å². The predicted molar refractivity (Wildman–Crippen MR) is 113 cm³/mol. The molecule has 1 aliphatic carbocycles. The highest BCUT2D eigenvalue weighted by Crippen LogP contribution is 2.43. The molecule has 172 valence electrons. The molecule has 0 aliphatic heterocycles. The number of aliphatic hydroxyl groups is 1. The van der Waals surface area contributed by atoms with E-state index in [0.29, 0.717) is 41.0 Å². The Bertz CT molecular complexity index is 1240. The summed E-state index contributed by atoms with van der Waals surface area (Å²) in [6, 6.07) is 1.08. The van der Waals surface area contributed by atoms with Gasteiger partial charge in [0, 0.05) is 12.2 Å². The lowest BCUT2D eigenvalue weighted by atomic mass is 9.74. The van der Waals surface area contributed by atoms with Gasteiger partial charge in [-0.3, -0.25) is 9.78 Å². The van der Waals surface area contributed by atoms with Gasteiger partial charge in [0.05, 0.1) is 23.6 Å². The minimum atomic E-state index is -2.79. The third-order valence-electron chi connectivity index (χ3n) is 6.04. The number of rotatable bonds is 6. The molecule has 2 N–H and O–H groups in total. The number of hydrogen-bond donors (Lipinski definition) is 2. The second-order valence-electron chi connectivity index (χ2n) is 8.51. The molecule has 0 spiro atoms. The van der Waals surface area contributed by atoms with Gasteiger partial charge in [-0.1, -0.05) is 0 Å². The number of fused-ring (bicyclic) bond motifs is 1. The fraction of sp³-hybridized carbons (Fsp3) is 0.455. The molecule has 1 fully saturated rings. The van der Waals surface area contributed by atoms with Crippen LogP contribution >= 0.6 is 0 Å². The van der Waals surface area contributed by atoms with E-state index in [1.807, 2.05) is 18.4 Å². The van der Waals surface area contributed by atoms with Gasteiger partial charge in [0.15, 0.2) is 5.65 Å². The molecule has 33 heavy (non-hydrogen) atoms. The fourth-order valence-electron chi connectivity index (χ4n) is 4.03. The van der Waals surface area contributed by atoms with Gasteiger partial charge < -0.3 is 15.0 Å². The lowest BCUT2D eigenvalue weighted by Crippen LogP contribution is -2.51. The summed E-state index contributed by atoms with van der Waals surface area (Å²) in [4.78, 5) is 29.5. The van der Waals surface area contributed by atoms with Crippen LogP contribution in [0.3, 0.4) is 0 Å². The quantitative estimate of drug-likeness (QED) is 0.583. The van der Waals surface area contributed by atoms with Gasteiger partial charge in [-0.25, -0.2) is 23.7 Å². The first kappa shape index (κ1) is 22.7. The number of pyridine rings is 1. The second kappa shape index (κ2) is 8.44. The Kier molecular flexibility index (Phi) is 5.80. The zero-order chi connectivity index (χ0) is 23.9. The molecular formula is C22H23F2N7O2. The normalized spacial score (nSPS) is 16.0. The Morgan fingerprint density at radius 2 is 1.97 bits per heavy atom. The predicted octanol–water partition coefficient (Wildman–Crippen LogP) is 3.31. The van der Waals surface area contributed by atoms with E-state index >= 15 is 0 Å². The number of nitriles is 1. The highest BCUT2D eigenvalue weighted by Gasteiger charge is 2.47. The van der Waals surface area contributed by atoms with Gasteiger partial charge in [-0.15, -0.1) is 0 Å². The Balaban J connectivity index is 1.79. The topological polar surface area (TPSA) is 130 Å². The van der Waals surface area contributed by atoms with E-state index in [-0.39, 0.29) is 11.7 Å². The van der Waals surface area contributed by atoms with E-state index in [4.69, 9.17) is 4.98 Å². The van der Waals surface area contributed by atoms with Gasteiger partial charge >= 0.3 is 0 Å². The van der Waals surface area contributed by atoms with Crippen LogP contribution in [0, 0.1) is 18.3 Å². The standard InChI is InChI=1S/C22H23F2N7O2/c1-11(2)31-19-16(12(3)13(7-25)8-28-19)29-20(31)17(22(33)5-4-6-22)30-21(32)15-10-26-14(9-27-15)18(23)24/h8-11,17-18,33H,4-6H2,1-3H3,(H,30,32)/t17-/m1/s1. The average molecular weight is 455 g/mol. The number of nitrogens with one attached hydrogen (secondary N) is 1. The molecular weight excluding hydrogens is 432 g/mol. The Hall–Kier alpha value is -3.52. The van der Waals surface area contributed by atoms with Crippen LogP contribution in [0.2, 0.25) is 0 Å². The number of hydrogen-bond acceptors (Lipinski definition) is 7. The average Bonchev–Trinajstić information content (AvgIpc) is 3.16. The molecule has 0 aromatic carbocycles. The number of carbonyl (C=O) groups excluding carboxylic acids is 1. The van der Waals surface area contributed by atoms with Crippen LogP contribution in [0.1, 0.15) is 84.8 Å². The molecule has 0 radical (unpaired) electrons. The lowest BCUT2D eigenvalue weighted by molar-refractivity contribution is -0.0671. The summed E-state index contributed by atoms with van der Waals surface area (Å²) in [5.74, 6) is -0.267. The van der Waals surface area contributed by atoms with E-state index in [9.17, 15) is 23.9 Å². The molecule has 0 unspecified atom stereocenters. The first-order chi connectivity index (χ1) is 15.7. The van der Waals surface area contributed by atoms with Crippen LogP contribution in [0.15, 0.2) is 18.6 Å². The number of aromatic nitrogens is 5. The van der Waals surface area contributed by atoms with E-state index in [1.165, 1.54) is 6.20 Å². The molecule has 1 aliphatic rings. The summed E-state index contributed by atoms with van der Waals surface area (Å²) in [6.45, 7) is 5.63. The van der Waals surface area contributed by atoms with Crippen LogP contribution in [0.25, 0.3) is 11.2 Å². The van der Waals surface area contributed by atoms with Crippen LogP contribution in [-0.2, 0) is 0 Å². The Labute approximate surface area is 188 Å². The maximum absolute atomic E-state index is 13.0. The first-order valence-corrected chi connectivity index (χ1v) is 10.6. The lowest BCUT2D eigenvalue weighted by Gasteiger charge is -2.43. The van der Waals surface area contributed by atoms with E-state index in [2.05, 4.69) is 26.3 Å². The molecule has 3 heterocycles. The van der Waals surface area contributed by atoms with Crippen LogP contribution in [-0.4, -0.2) is 41.1 Å². The van der Waals surface area contributed by atoms with Gasteiger partial charge in [-0.2, -0.15) is 5.26 Å². The summed E-state index contributed by atoms with van der Waals surface area (Å²) in [5, 5.41) is 23.4. The molecule has 9 nitrogen and oxygen atoms in total. The van der Waals surface area contributed by atoms with E-state index in [0.717, 1.165) is 18.8 Å². The number of amides is 1. The van der Waals surface area contributed by atoms with Crippen molar-refractivity contribution in [2.75, 3.05) is 0 Å². The van der Waals surface area contributed by atoms with Crippen molar-refractivity contribution in [1.29, 1.82) is 5.26 Å². The zero-order valence-corrected chi connectivity index (χ0v) is 18.4. The molecule has 0 saturated heterocycles. The van der Waals surface area contributed by atoms with Crippen LogP contribution < -0.4 is 5.32 Å². The second-order valence-corrected chi connectivity index (χ2v) is 8.51. The Morgan fingerprint density at radius 3 is 2.48 bits per heavy atom. The van der Waals surface area contributed by atoms with Gasteiger partial charge in [0.1, 0.15) is 34.8 Å². The van der Waals surface area contributed by atoms with Crippen molar-refractivity contribution in [3.05, 3.63) is 46.9 Å². The van der Waals surface area contributed by atoms with E-state index < -0.39 is 29.7 Å². The van der Waals surface area contributed by atoms with Crippen molar-refractivity contribution < 1.29 is 18.7 Å². The monoisotopic (exact) mass is 455 g/mol. The third-order valence-corrected chi connectivity index (χ3v) is 6.04. The maximum atomic E-state index is 13.0. The van der Waals surface area contributed by atoms with Crippen molar-refractivity contribution in [1.82, 2.24) is 29.8 Å². The van der Waals surface area contributed by atoms with Crippen LogP contribution in [0.4, 0.5) is 8.78 Å². The van der Waals surface area contributed by atoms with Crippen molar-refractivity contribution in [2.24, 2.45) is 0 Å². The molecule has 1 saturated carbocycles. The SMILES string of the molecule is Cc1c(C#N)cnc2c1nc([C@@H](NC(=O)c1cnc(C(F)F)cn1)C1(O)CCC1)n2C(C)C. The van der Waals surface area contributed by atoms with Crippen molar-refractivity contribution in [2.45, 2.75) is 64.1 Å². The number of imidazole rings is 1. The molecule has 0 bridgehead atoms. The van der Waals surface area contributed by atoms with Gasteiger partial charge in [0.25, 0.3) is 12.3 Å². The smallest absolute Gasteiger partial charge is 0.281 e. The zero-order valence-electron chi connectivity index (χ0n) is 18.4. The largest absolute Gasteiger partial charge is 0.387 e. The van der Waals surface area contributed by atoms with E-state index in [1.54, 1.807) is 6.92 Å². The molecule has 11 heteroatoms. The fourth-order valence-corrected chi connectivity index (χ4v) is 4.03. The maximum Gasteiger partial charge on any atom is 0.281 e. The minimum Gasteiger partial charge on any atom is -0.387 e. The van der Waals surface area contributed by atoms with Crippen molar-refractivity contribution in [3.8, 4) is 6.07 Å². The number of aryl methyl sites for hydroxylation is 1. The molecule has 3 aromatic rings. The number of nitrogens with zero attached hydrogens (tertiary/aromatic N) is 6. The highest BCUT2D eigenvalue weighted by molar-refractivity contribution is 5.92. The summed E-state index contributed by atoms with van der Waals surface area (Å²) < 4.78 is 27.4. The first-order valence-electron chi connectivity index (χ1n) is 10.6. The summed E-state index contributed by atoms with van der Waals surface area (Å²) in [6.07, 6.45) is 2.20.